The number of halogens is 1. The first-order valence-electron chi connectivity index (χ1n) is 3.20. The summed E-state index contributed by atoms with van der Waals surface area (Å²) in [6.45, 7) is 0. The van der Waals surface area contributed by atoms with Gasteiger partial charge >= 0.3 is 5.97 Å². The first kappa shape index (κ1) is 8.99. The van der Waals surface area contributed by atoms with Crippen LogP contribution in [0.5, 0.6) is 0 Å². The highest BCUT2D eigenvalue weighted by atomic mass is 79.9. The molecule has 0 fully saturated rings. The Morgan fingerprint density at radius 2 is 2.50 bits per heavy atom. The minimum absolute atomic E-state index is 0.750. The highest BCUT2D eigenvalue weighted by Gasteiger charge is 2.00. The number of hydrogen-bond acceptors (Lipinski definition) is 2. The molecular weight excluding hydrogens is 224 g/mol. The average molecular weight is 231 g/mol. The molecule has 0 aliphatic heterocycles. The third-order valence-electron chi connectivity index (χ3n) is 1.30. The lowest BCUT2D eigenvalue weighted by Crippen LogP contribution is -1.89. The lowest BCUT2D eigenvalue weighted by atomic mass is 10.3. The molecule has 5 heteroatoms. The van der Waals surface area contributed by atoms with Crippen molar-refractivity contribution in [2.45, 2.75) is 0 Å². The molecule has 0 unspecified atom stereocenters. The van der Waals surface area contributed by atoms with Crippen molar-refractivity contribution in [2.75, 3.05) is 0 Å². The molecule has 4 nitrogen and oxygen atoms in total. The van der Waals surface area contributed by atoms with E-state index in [0.29, 0.717) is 0 Å². The summed E-state index contributed by atoms with van der Waals surface area (Å²) < 4.78 is 2.38. The molecule has 0 atom stereocenters. The van der Waals surface area contributed by atoms with E-state index in [1.54, 1.807) is 17.9 Å². The second-order valence-corrected chi connectivity index (χ2v) is 2.94. The van der Waals surface area contributed by atoms with Crippen molar-refractivity contribution in [3.05, 3.63) is 22.4 Å². The highest BCUT2D eigenvalue weighted by molar-refractivity contribution is 9.10. The summed E-state index contributed by atoms with van der Waals surface area (Å²) in [5.41, 5.74) is 0.750. The van der Waals surface area contributed by atoms with Crippen LogP contribution in [0, 0.1) is 0 Å². The molecule has 0 aliphatic carbocycles. The number of aliphatic carboxylic acids is 1. The van der Waals surface area contributed by atoms with Crippen LogP contribution in [0.15, 0.2) is 16.9 Å². The largest absolute Gasteiger partial charge is 0.478 e. The van der Waals surface area contributed by atoms with Crippen LogP contribution < -0.4 is 0 Å². The third kappa shape index (κ3) is 1.94. The molecule has 0 radical (unpaired) electrons. The zero-order valence-corrected chi connectivity index (χ0v) is 7.95. The van der Waals surface area contributed by atoms with Crippen molar-refractivity contribution >= 4 is 28.0 Å². The number of carboxylic acids is 1. The number of aryl methyl sites for hydroxylation is 1. The minimum atomic E-state index is -0.967. The number of aromatic nitrogens is 2. The quantitative estimate of drug-likeness (QED) is 0.780. The molecule has 0 saturated heterocycles. The van der Waals surface area contributed by atoms with Gasteiger partial charge in [-0.15, -0.1) is 0 Å². The number of hydrogen-bond donors (Lipinski definition) is 1. The van der Waals surface area contributed by atoms with E-state index in [9.17, 15) is 4.79 Å². The summed E-state index contributed by atoms with van der Waals surface area (Å²) >= 11 is 3.26. The lowest BCUT2D eigenvalue weighted by Gasteiger charge is -1.90. The molecule has 0 spiro atoms. The highest BCUT2D eigenvalue weighted by Crippen LogP contribution is 2.15. The van der Waals surface area contributed by atoms with Gasteiger partial charge in [0, 0.05) is 18.7 Å². The Morgan fingerprint density at radius 1 is 1.83 bits per heavy atom. The van der Waals surface area contributed by atoms with Gasteiger partial charge in [0.1, 0.15) is 4.60 Å². The van der Waals surface area contributed by atoms with Crippen LogP contribution in [-0.4, -0.2) is 20.9 Å². The van der Waals surface area contributed by atoms with Crippen molar-refractivity contribution in [2.24, 2.45) is 7.05 Å². The Kier molecular flexibility index (Phi) is 2.65. The monoisotopic (exact) mass is 230 g/mol. The van der Waals surface area contributed by atoms with Gasteiger partial charge in [-0.1, -0.05) is 0 Å². The standard InChI is InChI=1S/C7H7BrN2O2/c1-10-7(8)5(4-9-10)2-3-6(11)12/h2-4H,1H3,(H,11,12)/b3-2+. The van der Waals surface area contributed by atoms with Gasteiger partial charge in [-0.05, 0) is 22.0 Å². The first-order chi connectivity index (χ1) is 5.61. The maximum atomic E-state index is 10.2. The van der Waals surface area contributed by atoms with Gasteiger partial charge in [-0.3, -0.25) is 4.68 Å². The van der Waals surface area contributed by atoms with Crippen LogP contribution >= 0.6 is 15.9 Å². The number of rotatable bonds is 2. The molecule has 1 rings (SSSR count). The van der Waals surface area contributed by atoms with Crippen LogP contribution in [0.25, 0.3) is 6.08 Å². The normalized spacial score (nSPS) is 10.8. The lowest BCUT2D eigenvalue weighted by molar-refractivity contribution is -0.131. The molecule has 0 saturated carbocycles. The predicted octanol–water partition coefficient (Wildman–Crippen LogP) is 1.28. The number of carbonyl (C=O) groups is 1. The zero-order chi connectivity index (χ0) is 9.14. The summed E-state index contributed by atoms with van der Waals surface area (Å²) in [5.74, 6) is -0.967. The smallest absolute Gasteiger partial charge is 0.328 e. The molecule has 1 aromatic heterocycles. The van der Waals surface area contributed by atoms with E-state index < -0.39 is 5.97 Å². The van der Waals surface area contributed by atoms with Crippen LogP contribution in [0.3, 0.4) is 0 Å². The number of nitrogens with zero attached hydrogens (tertiary/aromatic N) is 2. The van der Waals surface area contributed by atoms with Gasteiger partial charge in [0.05, 0.1) is 6.20 Å². The molecule has 0 bridgehead atoms. The summed E-state index contributed by atoms with van der Waals surface area (Å²) in [6, 6.07) is 0. The molecule has 12 heavy (non-hydrogen) atoms. The Labute approximate surface area is 77.6 Å². The van der Waals surface area contributed by atoms with E-state index in [4.69, 9.17) is 5.11 Å². The third-order valence-corrected chi connectivity index (χ3v) is 2.27. The van der Waals surface area contributed by atoms with Gasteiger partial charge < -0.3 is 5.11 Å². The SMILES string of the molecule is Cn1ncc(/C=C/C(=O)O)c1Br. The second-order valence-electron chi connectivity index (χ2n) is 2.19. The van der Waals surface area contributed by atoms with Crippen LogP contribution in [0.2, 0.25) is 0 Å². The maximum Gasteiger partial charge on any atom is 0.328 e. The second kappa shape index (κ2) is 3.53. The van der Waals surface area contributed by atoms with Gasteiger partial charge in [-0.2, -0.15) is 5.10 Å². The average Bonchev–Trinajstić information content (AvgIpc) is 2.30. The van der Waals surface area contributed by atoms with Gasteiger partial charge in [0.25, 0.3) is 0 Å². The van der Waals surface area contributed by atoms with Crippen molar-refractivity contribution in [3.63, 3.8) is 0 Å². The Morgan fingerprint density at radius 3 is 2.92 bits per heavy atom. The van der Waals surface area contributed by atoms with Gasteiger partial charge in [-0.25, -0.2) is 4.79 Å². The van der Waals surface area contributed by atoms with Crippen molar-refractivity contribution in [1.82, 2.24) is 9.78 Å². The van der Waals surface area contributed by atoms with Crippen molar-refractivity contribution in [3.8, 4) is 0 Å². The van der Waals surface area contributed by atoms with Crippen LogP contribution in [0.4, 0.5) is 0 Å². The molecule has 0 aliphatic rings. The van der Waals surface area contributed by atoms with Gasteiger partial charge in [0.2, 0.25) is 0 Å². The van der Waals surface area contributed by atoms with E-state index in [1.807, 2.05) is 0 Å². The predicted molar refractivity (Wildman–Crippen MR) is 47.6 cm³/mol. The van der Waals surface area contributed by atoms with E-state index in [1.165, 1.54) is 6.08 Å². The van der Waals surface area contributed by atoms with Crippen molar-refractivity contribution < 1.29 is 9.90 Å². The summed E-state index contributed by atoms with van der Waals surface area (Å²) in [6.07, 6.45) is 4.14. The Balaban J connectivity index is 2.90. The maximum absolute atomic E-state index is 10.2. The van der Waals surface area contributed by atoms with E-state index in [2.05, 4.69) is 21.0 Å². The first-order valence-corrected chi connectivity index (χ1v) is 3.99. The fourth-order valence-electron chi connectivity index (χ4n) is 0.712. The molecule has 1 N–H and O–H groups in total. The Hall–Kier alpha value is -1.10. The van der Waals surface area contributed by atoms with Crippen LogP contribution in [-0.2, 0) is 11.8 Å². The van der Waals surface area contributed by atoms with Crippen molar-refractivity contribution in [1.29, 1.82) is 0 Å². The summed E-state index contributed by atoms with van der Waals surface area (Å²) in [5, 5.41) is 12.3. The van der Waals surface area contributed by atoms with E-state index in [0.717, 1.165) is 16.2 Å². The Bertz CT molecular complexity index is 330. The van der Waals surface area contributed by atoms with Crippen LogP contribution in [0.1, 0.15) is 5.56 Å². The minimum Gasteiger partial charge on any atom is -0.478 e. The fourth-order valence-corrected chi connectivity index (χ4v) is 1.04. The zero-order valence-electron chi connectivity index (χ0n) is 6.36. The topological polar surface area (TPSA) is 55.1 Å². The summed E-state index contributed by atoms with van der Waals surface area (Å²) in [4.78, 5) is 10.2. The molecule has 0 amide bonds. The van der Waals surface area contributed by atoms with Gasteiger partial charge in [0.15, 0.2) is 0 Å². The molecular formula is C7H7BrN2O2. The molecule has 1 heterocycles. The molecule has 0 aromatic carbocycles. The number of carboxylic acid groups (broad SMARTS) is 1. The fraction of sp³-hybridized carbons (Fsp3) is 0.143. The summed E-state index contributed by atoms with van der Waals surface area (Å²) in [7, 11) is 1.77. The molecule has 64 valence electrons. The molecule has 1 aromatic rings. The van der Waals surface area contributed by atoms with E-state index >= 15 is 0 Å². The van der Waals surface area contributed by atoms with E-state index in [-0.39, 0.29) is 0 Å².